The first-order valence-electron chi connectivity index (χ1n) is 9.71. The van der Waals surface area contributed by atoms with Gasteiger partial charge in [-0.05, 0) is 33.6 Å². The lowest BCUT2D eigenvalue weighted by Crippen LogP contribution is -2.48. The van der Waals surface area contributed by atoms with Gasteiger partial charge in [0.05, 0.1) is 17.7 Å². The Morgan fingerprint density at radius 3 is 2.62 bits per heavy atom. The van der Waals surface area contributed by atoms with Crippen LogP contribution in [0.5, 0.6) is 0 Å². The molecule has 2 aliphatic heterocycles. The number of halogens is 2. The molecule has 0 aliphatic carbocycles. The van der Waals surface area contributed by atoms with Gasteiger partial charge in [0.1, 0.15) is 11.5 Å². The van der Waals surface area contributed by atoms with Crippen LogP contribution in [0.1, 0.15) is 16.1 Å². The van der Waals surface area contributed by atoms with E-state index in [0.717, 1.165) is 18.7 Å². The molecular weight excluding hydrogens is 441 g/mol. The molecule has 0 spiro atoms. The molecule has 0 radical (unpaired) electrons. The molecule has 0 N–H and O–H groups in total. The molecule has 1 aromatic carbocycles. The summed E-state index contributed by atoms with van der Waals surface area (Å²) in [5.41, 5.74) is 1.33. The molecule has 7 nitrogen and oxygen atoms in total. The molecule has 1 amide bonds. The summed E-state index contributed by atoms with van der Waals surface area (Å²) >= 11 is 3.42. The summed E-state index contributed by atoms with van der Waals surface area (Å²) in [5.74, 6) is 0.241. The molecule has 0 atom stereocenters. The Balaban J connectivity index is 1.39. The minimum atomic E-state index is -0.221. The Morgan fingerprint density at radius 1 is 1.14 bits per heavy atom. The van der Waals surface area contributed by atoms with Crippen LogP contribution in [0.2, 0.25) is 0 Å². The summed E-state index contributed by atoms with van der Waals surface area (Å²) in [6, 6.07) is 6.66. The van der Waals surface area contributed by atoms with E-state index in [9.17, 15) is 9.18 Å². The highest BCUT2D eigenvalue weighted by Crippen LogP contribution is 2.20. The number of benzene rings is 1. The Kier molecular flexibility index (Phi) is 6.37. The van der Waals surface area contributed by atoms with Gasteiger partial charge in [0.2, 0.25) is 5.95 Å². The second kappa shape index (κ2) is 9.15. The van der Waals surface area contributed by atoms with Crippen LogP contribution < -0.4 is 4.90 Å². The molecule has 29 heavy (non-hydrogen) atoms. The molecule has 0 saturated carbocycles. The zero-order valence-corrected chi connectivity index (χ0v) is 17.6. The molecule has 3 heterocycles. The molecule has 9 heteroatoms. The second-order valence-electron chi connectivity index (χ2n) is 7.16. The van der Waals surface area contributed by atoms with Crippen molar-refractivity contribution in [1.82, 2.24) is 19.8 Å². The summed E-state index contributed by atoms with van der Waals surface area (Å²) in [6.07, 6.45) is 1.64. The van der Waals surface area contributed by atoms with Crippen molar-refractivity contribution in [1.29, 1.82) is 0 Å². The number of carbonyl (C=O) groups excluding carboxylic acids is 1. The van der Waals surface area contributed by atoms with E-state index < -0.39 is 0 Å². The minimum absolute atomic E-state index is 0.0980. The van der Waals surface area contributed by atoms with Crippen molar-refractivity contribution in [3.8, 4) is 0 Å². The van der Waals surface area contributed by atoms with Crippen LogP contribution >= 0.6 is 15.9 Å². The van der Waals surface area contributed by atoms with Crippen LogP contribution in [0.15, 0.2) is 34.9 Å². The van der Waals surface area contributed by atoms with Crippen molar-refractivity contribution in [2.75, 3.05) is 57.4 Å². The smallest absolute Gasteiger partial charge is 0.273 e. The van der Waals surface area contributed by atoms with Crippen LogP contribution in [0.4, 0.5) is 10.3 Å². The third-order valence-corrected chi connectivity index (χ3v) is 5.76. The van der Waals surface area contributed by atoms with Crippen LogP contribution in [-0.2, 0) is 11.3 Å². The van der Waals surface area contributed by atoms with Gasteiger partial charge in [0, 0.05) is 52.0 Å². The number of hydrogen-bond donors (Lipinski definition) is 0. The van der Waals surface area contributed by atoms with E-state index in [2.05, 4.69) is 30.8 Å². The lowest BCUT2D eigenvalue weighted by Gasteiger charge is -2.35. The first-order valence-corrected chi connectivity index (χ1v) is 10.5. The van der Waals surface area contributed by atoms with Gasteiger partial charge < -0.3 is 14.5 Å². The number of aromatic nitrogens is 2. The topological polar surface area (TPSA) is 61.8 Å². The fourth-order valence-electron chi connectivity index (χ4n) is 3.58. The van der Waals surface area contributed by atoms with E-state index in [-0.39, 0.29) is 11.7 Å². The van der Waals surface area contributed by atoms with Gasteiger partial charge in [0.25, 0.3) is 5.91 Å². The minimum Gasteiger partial charge on any atom is -0.378 e. The number of amides is 1. The quantitative estimate of drug-likeness (QED) is 0.692. The number of anilines is 1. The fraction of sp³-hybridized carbons (Fsp3) is 0.450. The Labute approximate surface area is 177 Å². The molecule has 0 unspecified atom stereocenters. The Morgan fingerprint density at radius 2 is 1.90 bits per heavy atom. The summed E-state index contributed by atoms with van der Waals surface area (Å²) in [4.78, 5) is 28.0. The number of ether oxygens (including phenoxy) is 1. The predicted molar refractivity (Wildman–Crippen MR) is 110 cm³/mol. The van der Waals surface area contributed by atoms with E-state index in [0.29, 0.717) is 62.1 Å². The van der Waals surface area contributed by atoms with Crippen molar-refractivity contribution in [2.45, 2.75) is 6.54 Å². The Hall–Kier alpha value is -2.10. The maximum Gasteiger partial charge on any atom is 0.273 e. The highest BCUT2D eigenvalue weighted by Gasteiger charge is 2.26. The number of rotatable bonds is 4. The second-order valence-corrected chi connectivity index (χ2v) is 8.02. The van der Waals surface area contributed by atoms with Crippen molar-refractivity contribution in [3.63, 3.8) is 0 Å². The first kappa shape index (κ1) is 20.2. The molecule has 4 rings (SSSR count). The van der Waals surface area contributed by atoms with E-state index in [1.807, 2.05) is 15.9 Å². The summed E-state index contributed by atoms with van der Waals surface area (Å²) in [6.45, 7) is 6.07. The van der Waals surface area contributed by atoms with E-state index in [1.165, 1.54) is 6.07 Å². The van der Waals surface area contributed by atoms with Gasteiger partial charge in [-0.2, -0.15) is 0 Å². The predicted octanol–water partition coefficient (Wildman–Crippen LogP) is 2.17. The summed E-state index contributed by atoms with van der Waals surface area (Å²) < 4.78 is 19.4. The lowest BCUT2D eigenvalue weighted by molar-refractivity contribution is 0.0621. The monoisotopic (exact) mass is 463 g/mol. The highest BCUT2D eigenvalue weighted by atomic mass is 79.9. The SMILES string of the molecule is O=C(c1nc(N2CCOCC2)ncc1Br)N1CCN(Cc2cccc(F)c2)CC1. The summed E-state index contributed by atoms with van der Waals surface area (Å²) in [5, 5.41) is 0. The molecule has 1 aromatic heterocycles. The van der Waals surface area contributed by atoms with Gasteiger partial charge in [-0.15, -0.1) is 0 Å². The van der Waals surface area contributed by atoms with Gasteiger partial charge in [-0.1, -0.05) is 12.1 Å². The largest absolute Gasteiger partial charge is 0.378 e. The highest BCUT2D eigenvalue weighted by molar-refractivity contribution is 9.10. The van der Waals surface area contributed by atoms with Crippen molar-refractivity contribution in [2.24, 2.45) is 0 Å². The maximum atomic E-state index is 13.4. The average Bonchev–Trinajstić information content (AvgIpc) is 2.75. The van der Waals surface area contributed by atoms with Gasteiger partial charge in [-0.25, -0.2) is 14.4 Å². The lowest BCUT2D eigenvalue weighted by atomic mass is 10.2. The van der Waals surface area contributed by atoms with Crippen LogP contribution in [0.25, 0.3) is 0 Å². The zero-order chi connectivity index (χ0) is 20.2. The third kappa shape index (κ3) is 4.91. The van der Waals surface area contributed by atoms with E-state index in [1.54, 1.807) is 18.3 Å². The maximum absolute atomic E-state index is 13.4. The average molecular weight is 464 g/mol. The number of carbonyl (C=O) groups is 1. The van der Waals surface area contributed by atoms with E-state index in [4.69, 9.17) is 4.74 Å². The fourth-order valence-corrected chi connectivity index (χ4v) is 3.94. The standard InChI is InChI=1S/C20H23BrFN5O2/c21-17-13-23-20(27-8-10-29-11-9-27)24-18(17)19(28)26-6-4-25(5-7-26)14-15-2-1-3-16(22)12-15/h1-3,12-13H,4-11,14H2. The molecular formula is C20H23BrFN5O2. The molecule has 2 fully saturated rings. The molecule has 2 saturated heterocycles. The number of morpholine rings is 1. The van der Waals surface area contributed by atoms with Crippen molar-refractivity contribution in [3.05, 3.63) is 52.0 Å². The van der Waals surface area contributed by atoms with Gasteiger partial charge in [0.15, 0.2) is 0 Å². The zero-order valence-electron chi connectivity index (χ0n) is 16.1. The first-order chi connectivity index (χ1) is 14.1. The normalized spacial score (nSPS) is 18.1. The van der Waals surface area contributed by atoms with Crippen molar-refractivity contribution >= 4 is 27.8 Å². The Bertz CT molecular complexity index is 870. The van der Waals surface area contributed by atoms with Crippen LogP contribution in [0.3, 0.4) is 0 Å². The van der Waals surface area contributed by atoms with E-state index >= 15 is 0 Å². The number of hydrogen-bond acceptors (Lipinski definition) is 6. The van der Waals surface area contributed by atoms with Crippen molar-refractivity contribution < 1.29 is 13.9 Å². The number of nitrogens with zero attached hydrogens (tertiary/aromatic N) is 5. The van der Waals surface area contributed by atoms with Gasteiger partial charge in [-0.3, -0.25) is 9.69 Å². The number of piperazine rings is 1. The van der Waals surface area contributed by atoms with Crippen LogP contribution in [-0.4, -0.2) is 78.2 Å². The molecule has 2 aromatic rings. The molecule has 154 valence electrons. The molecule has 0 bridgehead atoms. The van der Waals surface area contributed by atoms with Crippen LogP contribution in [0, 0.1) is 5.82 Å². The summed E-state index contributed by atoms with van der Waals surface area (Å²) in [7, 11) is 0. The third-order valence-electron chi connectivity index (χ3n) is 5.18. The molecule has 2 aliphatic rings. The van der Waals surface area contributed by atoms with Gasteiger partial charge >= 0.3 is 0 Å².